The van der Waals surface area contributed by atoms with Gasteiger partial charge in [-0.1, -0.05) is 51.3 Å². The molecule has 4 nitrogen and oxygen atoms in total. The lowest BCUT2D eigenvalue weighted by atomic mass is 9.84. The van der Waals surface area contributed by atoms with E-state index in [0.29, 0.717) is 18.4 Å². The zero-order valence-electron chi connectivity index (χ0n) is 23.3. The van der Waals surface area contributed by atoms with Gasteiger partial charge >= 0.3 is 6.09 Å². The largest absolute Gasteiger partial charge is 0.444 e. The third kappa shape index (κ3) is 9.12. The quantitative estimate of drug-likeness (QED) is 0.214. The van der Waals surface area contributed by atoms with E-state index >= 15 is 0 Å². The highest BCUT2D eigenvalue weighted by Gasteiger charge is 2.31. The molecule has 0 saturated heterocycles. The molecule has 1 aliphatic carbocycles. The third-order valence-electron chi connectivity index (χ3n) is 5.92. The minimum atomic E-state index is -0.520. The van der Waals surface area contributed by atoms with Crippen LogP contribution >= 0.6 is 0 Å². The van der Waals surface area contributed by atoms with Gasteiger partial charge in [-0.05, 0) is 95.8 Å². The van der Waals surface area contributed by atoms with Crippen LogP contribution in [-0.4, -0.2) is 41.9 Å². The molecule has 0 radical (unpaired) electrons. The van der Waals surface area contributed by atoms with E-state index in [-0.39, 0.29) is 12.1 Å². The Bertz CT molecular complexity index is 861. The van der Waals surface area contributed by atoms with Gasteiger partial charge in [0.2, 0.25) is 0 Å². The maximum atomic E-state index is 12.9. The number of carbonyl (C=O) groups excluding carboxylic acids is 1. The van der Waals surface area contributed by atoms with Crippen LogP contribution in [0.5, 0.6) is 0 Å². The van der Waals surface area contributed by atoms with E-state index in [1.54, 1.807) is 0 Å². The fourth-order valence-corrected chi connectivity index (χ4v) is 4.10. The Morgan fingerprint density at radius 2 is 1.74 bits per heavy atom. The van der Waals surface area contributed by atoms with E-state index in [1.165, 1.54) is 18.4 Å². The molecule has 1 saturated carbocycles. The minimum absolute atomic E-state index is 0.0244. The number of allylic oxidation sites excluding steroid dienone is 7. The lowest BCUT2D eigenvalue weighted by molar-refractivity contribution is 0.0143. The normalized spacial score (nSPS) is 16.6. The Morgan fingerprint density at radius 1 is 1.15 bits per heavy atom. The monoisotopic (exact) mass is 468 g/mol. The number of amides is 1. The summed E-state index contributed by atoms with van der Waals surface area (Å²) in [6, 6.07) is 0.0244. The van der Waals surface area contributed by atoms with Crippen LogP contribution in [0.25, 0.3) is 0 Å². The summed E-state index contributed by atoms with van der Waals surface area (Å²) in [5, 5.41) is 0. The van der Waals surface area contributed by atoms with Crippen LogP contribution in [0.2, 0.25) is 0 Å². The molecular weight excluding hydrogens is 420 g/mol. The van der Waals surface area contributed by atoms with Crippen LogP contribution in [0, 0.1) is 11.8 Å². The zero-order valence-corrected chi connectivity index (χ0v) is 23.3. The van der Waals surface area contributed by atoms with Crippen molar-refractivity contribution in [3.8, 4) is 0 Å². The van der Waals surface area contributed by atoms with Crippen molar-refractivity contribution in [2.24, 2.45) is 16.8 Å². The standard InChI is InChI=1S/C30H48N2O2/c1-13-14-26(25-17-18-25)28(24(8)31-12)27(21(4)5)22(6)15-16-23(7)32(19-20(2)3)29(33)34-30(9,10)11/h13-14,20,23,25H,1,4,6,15-19H2,2-3,5,7-12H3/b26-14-,28-27-,31-24-/t23-/m1/s1. The summed E-state index contributed by atoms with van der Waals surface area (Å²) in [7, 11) is 1.83. The molecule has 1 aliphatic rings. The third-order valence-corrected chi connectivity index (χ3v) is 5.92. The second-order valence-electron chi connectivity index (χ2n) is 11.0. The van der Waals surface area contributed by atoms with Crippen molar-refractivity contribution in [2.45, 2.75) is 92.7 Å². The first-order valence-electron chi connectivity index (χ1n) is 12.6. The smallest absolute Gasteiger partial charge is 0.410 e. The number of carbonyl (C=O) groups is 1. The van der Waals surface area contributed by atoms with E-state index in [0.717, 1.165) is 40.8 Å². The van der Waals surface area contributed by atoms with Crippen molar-refractivity contribution >= 4 is 11.8 Å². The fourth-order valence-electron chi connectivity index (χ4n) is 4.10. The van der Waals surface area contributed by atoms with Gasteiger partial charge in [0.25, 0.3) is 0 Å². The molecular formula is C30H48N2O2. The van der Waals surface area contributed by atoms with Gasteiger partial charge in [0.05, 0.1) is 0 Å². The van der Waals surface area contributed by atoms with Crippen molar-refractivity contribution in [1.82, 2.24) is 4.90 Å². The summed E-state index contributed by atoms with van der Waals surface area (Å²) < 4.78 is 5.70. The van der Waals surface area contributed by atoms with Crippen molar-refractivity contribution in [2.75, 3.05) is 13.6 Å². The Morgan fingerprint density at radius 3 is 2.15 bits per heavy atom. The molecule has 34 heavy (non-hydrogen) atoms. The maximum Gasteiger partial charge on any atom is 0.410 e. The molecule has 0 unspecified atom stereocenters. The molecule has 190 valence electrons. The van der Waals surface area contributed by atoms with Gasteiger partial charge < -0.3 is 9.64 Å². The summed E-state index contributed by atoms with van der Waals surface area (Å²) in [4.78, 5) is 19.3. The predicted molar refractivity (Wildman–Crippen MR) is 147 cm³/mol. The average Bonchev–Trinajstić information content (AvgIpc) is 3.55. The molecule has 1 fully saturated rings. The van der Waals surface area contributed by atoms with Crippen LogP contribution in [0.3, 0.4) is 0 Å². The number of nitrogens with zero attached hydrogens (tertiary/aromatic N) is 2. The molecule has 0 N–H and O–H groups in total. The summed E-state index contributed by atoms with van der Waals surface area (Å²) in [5.41, 5.74) is 5.99. The molecule has 1 atom stereocenters. The predicted octanol–water partition coefficient (Wildman–Crippen LogP) is 8.09. The number of aliphatic imine (C=N–C) groups is 1. The summed E-state index contributed by atoms with van der Waals surface area (Å²) in [5.74, 6) is 0.892. The number of hydrogen-bond acceptors (Lipinski definition) is 3. The first kappa shape index (κ1) is 29.7. The number of rotatable bonds is 12. The van der Waals surface area contributed by atoms with Crippen molar-refractivity contribution in [1.29, 1.82) is 0 Å². The molecule has 4 heteroatoms. The lowest BCUT2D eigenvalue weighted by Crippen LogP contribution is -2.44. The second kappa shape index (κ2) is 12.9. The van der Waals surface area contributed by atoms with E-state index in [1.807, 2.05) is 45.7 Å². The van der Waals surface area contributed by atoms with E-state index in [9.17, 15) is 4.79 Å². The SMILES string of the molecule is C=C\C=C(C(/C(C)=N\C)=C(/C(=C)C)C(=C)CC[C@@H](C)N(CC(C)C)C(=O)OC(C)(C)C)\C1CC1. The Balaban J connectivity index is 3.24. The van der Waals surface area contributed by atoms with Gasteiger partial charge in [-0.25, -0.2) is 4.79 Å². The van der Waals surface area contributed by atoms with Gasteiger partial charge in [0.15, 0.2) is 0 Å². The van der Waals surface area contributed by atoms with Crippen LogP contribution in [0.4, 0.5) is 4.79 Å². The van der Waals surface area contributed by atoms with Gasteiger partial charge in [-0.3, -0.25) is 4.99 Å². The van der Waals surface area contributed by atoms with Crippen molar-refractivity contribution in [3.63, 3.8) is 0 Å². The van der Waals surface area contributed by atoms with E-state index in [4.69, 9.17) is 4.74 Å². The lowest BCUT2D eigenvalue weighted by Gasteiger charge is -2.33. The van der Waals surface area contributed by atoms with Crippen LogP contribution in [-0.2, 0) is 4.74 Å². The average molecular weight is 469 g/mol. The van der Waals surface area contributed by atoms with Gasteiger partial charge in [-0.2, -0.15) is 0 Å². The zero-order chi connectivity index (χ0) is 26.2. The Kier molecular flexibility index (Phi) is 11.3. The first-order valence-corrected chi connectivity index (χ1v) is 12.6. The fraction of sp³-hybridized carbons (Fsp3) is 0.600. The molecule has 0 aromatic heterocycles. The molecule has 0 aromatic rings. The van der Waals surface area contributed by atoms with Crippen molar-refractivity contribution < 1.29 is 9.53 Å². The molecule has 0 aliphatic heterocycles. The molecule has 0 spiro atoms. The first-order chi connectivity index (χ1) is 15.7. The van der Waals surface area contributed by atoms with Crippen LogP contribution in [0.1, 0.15) is 81.1 Å². The van der Waals surface area contributed by atoms with Crippen molar-refractivity contribution in [3.05, 3.63) is 59.8 Å². The van der Waals surface area contributed by atoms with Gasteiger partial charge in [0.1, 0.15) is 5.60 Å². The molecule has 1 amide bonds. The number of hydrogen-bond donors (Lipinski definition) is 0. The van der Waals surface area contributed by atoms with Crippen LogP contribution in [0.15, 0.2) is 64.7 Å². The maximum absolute atomic E-state index is 12.9. The minimum Gasteiger partial charge on any atom is -0.444 e. The van der Waals surface area contributed by atoms with Gasteiger partial charge in [-0.15, -0.1) is 0 Å². The van der Waals surface area contributed by atoms with Crippen LogP contribution < -0.4 is 0 Å². The molecule has 1 rings (SSSR count). The molecule has 0 heterocycles. The second-order valence-corrected chi connectivity index (χ2v) is 11.0. The molecule has 0 bridgehead atoms. The Labute approximate surface area is 209 Å². The van der Waals surface area contributed by atoms with E-state index < -0.39 is 5.60 Å². The summed E-state index contributed by atoms with van der Waals surface area (Å²) >= 11 is 0. The highest BCUT2D eigenvalue weighted by molar-refractivity contribution is 6.04. The van der Waals surface area contributed by atoms with Gasteiger partial charge in [0, 0.05) is 30.9 Å². The number of ether oxygens (including phenoxy) is 1. The highest BCUT2D eigenvalue weighted by Crippen LogP contribution is 2.43. The molecule has 0 aromatic carbocycles. The topological polar surface area (TPSA) is 41.9 Å². The summed E-state index contributed by atoms with van der Waals surface area (Å²) in [6.07, 6.45) is 7.65. The summed E-state index contributed by atoms with van der Waals surface area (Å²) in [6.45, 7) is 29.5. The Hall–Kier alpha value is -2.36. The van der Waals surface area contributed by atoms with E-state index in [2.05, 4.69) is 58.5 Å². The highest BCUT2D eigenvalue weighted by atomic mass is 16.6.